The fourth-order valence-corrected chi connectivity index (χ4v) is 18.4. The van der Waals surface area contributed by atoms with Crippen LogP contribution in [-0.4, -0.2) is 322 Å². The van der Waals surface area contributed by atoms with Gasteiger partial charge in [-0.15, -0.1) is 11.8 Å². The monoisotopic (exact) mass is 1960 g/mol. The molecule has 44 heteroatoms. The lowest BCUT2D eigenvalue weighted by Crippen LogP contribution is -2.61. The molecule has 0 saturated carbocycles. The van der Waals surface area contributed by atoms with Crippen molar-refractivity contribution in [1.29, 1.82) is 0 Å². The number of aliphatic hydroxyl groups excluding tert-OH is 1. The number of aliphatic hydroxyl groups is 1. The summed E-state index contributed by atoms with van der Waals surface area (Å²) in [5.74, 6) is -17.9. The highest BCUT2D eigenvalue weighted by Gasteiger charge is 2.47. The van der Waals surface area contributed by atoms with Crippen molar-refractivity contribution in [2.24, 2.45) is 17.4 Å². The molecule has 3 aliphatic rings. The van der Waals surface area contributed by atoms with Crippen molar-refractivity contribution in [3.8, 4) is 5.75 Å². The van der Waals surface area contributed by atoms with Crippen LogP contribution in [0.5, 0.6) is 5.75 Å². The van der Waals surface area contributed by atoms with E-state index in [9.17, 15) is 58.5 Å². The van der Waals surface area contributed by atoms with Gasteiger partial charge >= 0.3 is 5.97 Å². The van der Waals surface area contributed by atoms with E-state index in [0.717, 1.165) is 26.5 Å². The number of aromatic nitrogens is 4. The quantitative estimate of drug-likeness (QED) is 0.0261. The summed E-state index contributed by atoms with van der Waals surface area (Å²) in [6.07, 6.45) is 4.65. The van der Waals surface area contributed by atoms with Gasteiger partial charge in [0.2, 0.25) is 100 Å². The predicted octanol–water partition coefficient (Wildman–Crippen LogP) is -0.150. The van der Waals surface area contributed by atoms with Crippen molar-refractivity contribution in [1.82, 2.24) is 103 Å². The van der Waals surface area contributed by atoms with Crippen LogP contribution in [0.25, 0.3) is 21.8 Å². The number of carbonyl (C=O) groups is 18. The molecule has 3 fully saturated rings. The predicted molar refractivity (Wildman–Crippen MR) is 517 cm³/mol. The third-order valence-corrected chi connectivity index (χ3v) is 26.4. The number of carboxylic acid groups (broad SMARTS) is 1. The molecule has 3 aliphatic heterocycles. The van der Waals surface area contributed by atoms with Crippen molar-refractivity contribution in [3.63, 3.8) is 0 Å². The molecule has 15 atom stereocenters. The molecule has 762 valence electrons. The van der Waals surface area contributed by atoms with Gasteiger partial charge in [0, 0.05) is 126 Å². The number of hydrogen-bond donors (Lipinski definition) is 19. The van der Waals surface area contributed by atoms with Crippen LogP contribution in [0.3, 0.4) is 0 Å². The van der Waals surface area contributed by atoms with E-state index in [1.807, 2.05) is 26.0 Å². The minimum Gasteiger partial charge on any atom is -0.508 e. The van der Waals surface area contributed by atoms with Gasteiger partial charge in [0.25, 0.3) is 0 Å². The number of aromatic amines is 3. The molecule has 6 aromatic rings. The van der Waals surface area contributed by atoms with Crippen molar-refractivity contribution >= 4 is 140 Å². The van der Waals surface area contributed by atoms with Gasteiger partial charge in [-0.25, -0.2) is 4.98 Å². The first kappa shape index (κ1) is 110. The summed E-state index contributed by atoms with van der Waals surface area (Å²) >= 11 is 0.788. The zero-order chi connectivity index (χ0) is 102. The number of nitrogens with zero attached hydrogens (tertiary/aromatic N) is 6. The van der Waals surface area contributed by atoms with E-state index >= 15 is 43.2 Å². The summed E-state index contributed by atoms with van der Waals surface area (Å²) in [6.45, 7) is 8.75. The number of fused-ring (bicyclic) bond motifs is 4. The number of nitrogens with one attached hydrogen (secondary N) is 14. The van der Waals surface area contributed by atoms with E-state index < -0.39 is 229 Å². The van der Waals surface area contributed by atoms with Gasteiger partial charge in [0.1, 0.15) is 90.3 Å². The molecule has 3 aromatic carbocycles. The molecule has 17 amide bonds. The Kier molecular flexibility index (Phi) is 42.2. The van der Waals surface area contributed by atoms with E-state index in [0.29, 0.717) is 70.6 Å². The number of H-pyrrole nitrogens is 3. The number of carbonyl (C=O) groups excluding carboxylic acids is 17. The summed E-state index contributed by atoms with van der Waals surface area (Å²) in [5, 5.41) is 63.3. The van der Waals surface area contributed by atoms with Crippen molar-refractivity contribution < 1.29 is 102 Å². The molecule has 6 heterocycles. The second-order valence-electron chi connectivity index (χ2n) is 36.5. The number of thioether (sulfide) groups is 1. The van der Waals surface area contributed by atoms with Crippen LogP contribution >= 0.6 is 11.8 Å². The molecule has 140 heavy (non-hydrogen) atoms. The molecule has 0 bridgehead atoms. The molecular formula is C96H136N22O21S. The number of imidazole rings is 1. The minimum atomic E-state index is -1.91. The summed E-state index contributed by atoms with van der Waals surface area (Å²) in [4.78, 5) is 284. The normalized spacial score (nSPS) is 24.3. The van der Waals surface area contributed by atoms with Gasteiger partial charge in [-0.1, -0.05) is 102 Å². The molecule has 9 rings (SSSR count). The average molecular weight is 1970 g/mol. The summed E-state index contributed by atoms with van der Waals surface area (Å²) in [6, 6.07) is -1.57. The van der Waals surface area contributed by atoms with Crippen LogP contribution in [0.4, 0.5) is 0 Å². The summed E-state index contributed by atoms with van der Waals surface area (Å²) in [7, 11) is 4.00. The molecular weight excluding hydrogens is 1830 g/mol. The maximum atomic E-state index is 16.0. The Labute approximate surface area is 816 Å². The number of para-hydroxylation sites is 2. The molecule has 0 aliphatic carbocycles. The molecule has 1 unspecified atom stereocenters. The second kappa shape index (κ2) is 53.6. The van der Waals surface area contributed by atoms with Gasteiger partial charge in [-0.05, 0) is 131 Å². The first-order valence-corrected chi connectivity index (χ1v) is 48.9. The fraction of sp³-hybridized carbons (Fsp3) is 0.552. The second-order valence-corrected chi connectivity index (χ2v) is 37.5. The van der Waals surface area contributed by atoms with Gasteiger partial charge in [0.15, 0.2) is 0 Å². The number of phenolic OH excluding ortho intramolecular Hbond substituents is 1. The largest absolute Gasteiger partial charge is 0.508 e. The highest BCUT2D eigenvalue weighted by molar-refractivity contribution is 8.00. The highest BCUT2D eigenvalue weighted by atomic mass is 32.2. The molecule has 0 radical (unpaired) electrons. The number of primary amides is 1. The smallest absolute Gasteiger partial charge is 0.305 e. The number of hydrogen-bond acceptors (Lipinski definition) is 23. The minimum absolute atomic E-state index is 0.0337. The Bertz CT molecular complexity index is 5320. The SMILES string of the molecule is CCCC[C@H]1C(=O)N(C)[C@@H](CCCC)C(=O)N[C@@H](CC(C)C)C(=O)N[C@H](C(=O)NCC(N)=O)CSCC(=O)NC(Cc2ccc(O)cc2)C(=O)N(C)[C@@H](C)C(=O)N[C@@H](CC(=O)O)C(=O)N2CCC[C@H]2C(=O)N[C@@H](Cc2c[nH]cn2)C(=O)N[C@@H](CCCCNC(C)=O)C(=O)N2C[C@H](O)C[C@H]2C(=O)N[C@@H](Cc2c[nH]c3ccccc23)C(=O)N[C@@H](CCCCN)C(=O)N[C@@H](Cc2c[nH]c3ccccc23)C(=O)N1C. The topological polar surface area (TPSA) is 629 Å². The van der Waals surface area contributed by atoms with Gasteiger partial charge in [-0.3, -0.25) is 86.3 Å². The van der Waals surface area contributed by atoms with E-state index in [-0.39, 0.29) is 133 Å². The zero-order valence-corrected chi connectivity index (χ0v) is 81.5. The first-order chi connectivity index (χ1) is 66.8. The standard InChI is InChI=1S/C96H136N22O21S/c1-10-12-29-76-89(132)108-69(39-54(3)4)86(129)113-75(84(127)103-49-80(98)122)51-140-52-81(123)105-72(40-57-32-34-61(120)35-33-57)92(135)114(7)55(5)83(126)111-74(45-82(124)125)95(138)117-38-22-31-77(117)90(133)110-71(43-60-48-99-53-104-60)88(131)107-68(28-19-21-37-100-56(6)119)94(137)118-50-62(121)44-79(118)91(134)109-70(41-58-46-101-65-25-16-14-23-63(58)65)87(130)106-67(27-18-20-36-97)85(128)112-73(42-59-47-102-66-26-17-15-24-64(59)66)93(136)116(9)78(30-13-11-2)96(139)115(76)8/h14-17,23-26,32-35,46-48,53-55,62,67-79,101-102,120-121H,10-13,18-22,27-31,36-45,49-52,97H2,1-9H3,(H2,98,122)(H,99,104)(H,100,119)(H,103,127)(H,105,123)(H,106,130)(H,107,131)(H,108,132)(H,109,134)(H,110,133)(H,111,126)(H,112,128)(H,113,129)(H,124,125)/t55-,62+,67-,68-,69-,70-,71-,72?,73-,74-,75-,76-,77-,78-,79-/m0/s1. The highest BCUT2D eigenvalue weighted by Crippen LogP contribution is 2.29. The molecule has 3 aromatic heterocycles. The van der Waals surface area contributed by atoms with Crippen LogP contribution in [0.2, 0.25) is 0 Å². The lowest BCUT2D eigenvalue weighted by molar-refractivity contribution is -0.149. The molecule has 21 N–H and O–H groups in total. The fourth-order valence-electron chi connectivity index (χ4n) is 17.5. The van der Waals surface area contributed by atoms with Crippen molar-refractivity contribution in [2.45, 2.75) is 267 Å². The number of amides is 17. The van der Waals surface area contributed by atoms with Gasteiger partial charge < -0.3 is 125 Å². The van der Waals surface area contributed by atoms with E-state index in [1.54, 1.807) is 62.6 Å². The maximum Gasteiger partial charge on any atom is 0.305 e. The van der Waals surface area contributed by atoms with Gasteiger partial charge in [0.05, 0.1) is 36.8 Å². The maximum absolute atomic E-state index is 16.0. The van der Waals surface area contributed by atoms with Crippen LogP contribution in [0.15, 0.2) is 97.7 Å². The molecule has 0 spiro atoms. The Morgan fingerprint density at radius 1 is 0.543 bits per heavy atom. The lowest BCUT2D eigenvalue weighted by atomic mass is 9.99. The summed E-state index contributed by atoms with van der Waals surface area (Å²) < 4.78 is 0. The van der Waals surface area contributed by atoms with Crippen molar-refractivity contribution in [3.05, 3.63) is 120 Å². The van der Waals surface area contributed by atoms with Crippen LogP contribution in [0.1, 0.15) is 173 Å². The Morgan fingerprint density at radius 3 is 1.69 bits per heavy atom. The van der Waals surface area contributed by atoms with Crippen molar-refractivity contribution in [2.75, 3.05) is 65.4 Å². The number of nitrogens with two attached hydrogens (primary N) is 2. The number of aliphatic carboxylic acids is 1. The number of unbranched alkanes of at least 4 members (excludes halogenated alkanes) is 4. The zero-order valence-electron chi connectivity index (χ0n) is 80.7. The lowest BCUT2D eigenvalue weighted by Gasteiger charge is -2.36. The number of rotatable bonds is 30. The number of aromatic hydroxyl groups is 1. The summed E-state index contributed by atoms with van der Waals surface area (Å²) in [5.41, 5.74) is 14.6. The van der Waals surface area contributed by atoms with Crippen LogP contribution in [0, 0.1) is 5.92 Å². The molecule has 3 saturated heterocycles. The van der Waals surface area contributed by atoms with E-state index in [1.165, 1.54) is 81.6 Å². The number of likely N-dealkylation sites (N-methyl/N-ethyl adjacent to an activating group) is 3. The first-order valence-electron chi connectivity index (χ1n) is 47.8. The third kappa shape index (κ3) is 31.5. The Hall–Kier alpha value is -13.5. The third-order valence-electron chi connectivity index (χ3n) is 25.4. The number of phenols is 1. The van der Waals surface area contributed by atoms with E-state index in [4.69, 9.17) is 11.5 Å². The van der Waals surface area contributed by atoms with Crippen LogP contribution in [-0.2, 0) is 112 Å². The molecule has 43 nitrogen and oxygen atoms in total. The number of carboxylic acids is 1. The average Bonchev–Trinajstić information content (AvgIpc) is 1.66. The van der Waals surface area contributed by atoms with Gasteiger partial charge in [-0.2, -0.15) is 0 Å². The Morgan fingerprint density at radius 2 is 1.08 bits per heavy atom. The van der Waals surface area contributed by atoms with Crippen LogP contribution < -0.4 is 70.0 Å². The Balaban J connectivity index is 1.12. The van der Waals surface area contributed by atoms with E-state index in [2.05, 4.69) is 78.4 Å². The number of benzene rings is 3.